The number of nitrogens with zero attached hydrogens (tertiary/aromatic N) is 1. The van der Waals surface area contributed by atoms with Gasteiger partial charge in [-0.25, -0.2) is 4.79 Å². The Morgan fingerprint density at radius 1 is 1.32 bits per heavy atom. The Balaban J connectivity index is 2.33. The van der Waals surface area contributed by atoms with Crippen LogP contribution in [-0.2, 0) is 32.1 Å². The summed E-state index contributed by atoms with van der Waals surface area (Å²) < 4.78 is 5.03. The number of hydrogen-bond acceptors (Lipinski definition) is 5. The average Bonchev–Trinajstić information content (AvgIpc) is 2.53. The van der Waals surface area contributed by atoms with Crippen LogP contribution >= 0.6 is 0 Å². The minimum Gasteiger partial charge on any atom is -0.464 e. The molecule has 0 aromatic heterocycles. The summed E-state index contributed by atoms with van der Waals surface area (Å²) >= 11 is 0. The third-order valence-corrected chi connectivity index (χ3v) is 3.53. The number of carbonyl (C=O) groups excluding carboxylic acids is 3. The van der Waals surface area contributed by atoms with Gasteiger partial charge in [-0.1, -0.05) is 24.3 Å². The van der Waals surface area contributed by atoms with Gasteiger partial charge in [0, 0.05) is 19.0 Å². The molecule has 0 fully saturated rings. The maximum absolute atomic E-state index is 12.3. The molecule has 0 aliphatic carbocycles. The lowest BCUT2D eigenvalue weighted by Gasteiger charge is -2.34. The van der Waals surface area contributed by atoms with Gasteiger partial charge < -0.3 is 15.4 Å². The minimum atomic E-state index is -0.794. The second kappa shape index (κ2) is 6.89. The SMILES string of the molecule is CCOC(=O)C1Cc2ccccc2CN1C(=O)C(=O)/C=C\N. The highest BCUT2D eigenvalue weighted by molar-refractivity contribution is 6.40. The number of rotatable bonds is 4. The predicted octanol–water partition coefficient (Wildman–Crippen LogP) is 0.545. The van der Waals surface area contributed by atoms with Crippen molar-refractivity contribution >= 4 is 17.7 Å². The molecule has 6 nitrogen and oxygen atoms in total. The van der Waals surface area contributed by atoms with E-state index in [1.54, 1.807) is 6.92 Å². The van der Waals surface area contributed by atoms with Gasteiger partial charge in [0.25, 0.3) is 5.91 Å². The maximum atomic E-state index is 12.3. The summed E-state index contributed by atoms with van der Waals surface area (Å²) in [5.41, 5.74) is 7.05. The average molecular weight is 302 g/mol. The number of amides is 1. The fraction of sp³-hybridized carbons (Fsp3) is 0.312. The summed E-state index contributed by atoms with van der Waals surface area (Å²) in [5.74, 6) is -2.01. The lowest BCUT2D eigenvalue weighted by Crippen LogP contribution is -2.51. The molecule has 1 aromatic rings. The van der Waals surface area contributed by atoms with Crippen molar-refractivity contribution in [1.29, 1.82) is 0 Å². The van der Waals surface area contributed by atoms with E-state index in [1.807, 2.05) is 24.3 Å². The molecular weight excluding hydrogens is 284 g/mol. The van der Waals surface area contributed by atoms with E-state index in [2.05, 4.69) is 0 Å². The maximum Gasteiger partial charge on any atom is 0.329 e. The Bertz CT molecular complexity index is 624. The molecule has 1 unspecified atom stereocenters. The van der Waals surface area contributed by atoms with Crippen molar-refractivity contribution < 1.29 is 19.1 Å². The first-order valence-electron chi connectivity index (χ1n) is 7.05. The van der Waals surface area contributed by atoms with Crippen LogP contribution in [-0.4, -0.2) is 35.2 Å². The Kier molecular flexibility index (Phi) is 4.93. The van der Waals surface area contributed by atoms with Crippen LogP contribution in [0.15, 0.2) is 36.5 Å². The number of nitrogens with two attached hydrogens (primary N) is 1. The molecule has 1 amide bonds. The van der Waals surface area contributed by atoms with Crippen molar-refractivity contribution in [3.63, 3.8) is 0 Å². The highest BCUT2D eigenvalue weighted by Crippen LogP contribution is 2.24. The van der Waals surface area contributed by atoms with E-state index >= 15 is 0 Å². The molecule has 0 bridgehead atoms. The zero-order valence-electron chi connectivity index (χ0n) is 12.3. The minimum absolute atomic E-state index is 0.197. The summed E-state index contributed by atoms with van der Waals surface area (Å²) in [7, 11) is 0. The molecule has 0 spiro atoms. The first kappa shape index (κ1) is 15.8. The van der Waals surface area contributed by atoms with Crippen LogP contribution in [0.4, 0.5) is 0 Å². The lowest BCUT2D eigenvalue weighted by molar-refractivity contribution is -0.157. The molecule has 6 heteroatoms. The highest BCUT2D eigenvalue weighted by Gasteiger charge is 2.37. The van der Waals surface area contributed by atoms with Gasteiger partial charge >= 0.3 is 5.97 Å². The molecule has 0 saturated carbocycles. The van der Waals surface area contributed by atoms with Gasteiger partial charge in [0.15, 0.2) is 0 Å². The zero-order chi connectivity index (χ0) is 16.1. The Labute approximate surface area is 128 Å². The predicted molar refractivity (Wildman–Crippen MR) is 79.5 cm³/mol. The van der Waals surface area contributed by atoms with Crippen LogP contribution in [0.25, 0.3) is 0 Å². The summed E-state index contributed by atoms with van der Waals surface area (Å²) in [6, 6.07) is 6.72. The molecule has 1 aliphatic rings. The van der Waals surface area contributed by atoms with E-state index in [0.29, 0.717) is 6.42 Å². The van der Waals surface area contributed by atoms with Gasteiger partial charge in [0.05, 0.1) is 6.61 Å². The monoisotopic (exact) mass is 302 g/mol. The molecular formula is C16H18N2O4. The van der Waals surface area contributed by atoms with Crippen molar-refractivity contribution in [3.05, 3.63) is 47.7 Å². The molecule has 22 heavy (non-hydrogen) atoms. The Morgan fingerprint density at radius 3 is 2.64 bits per heavy atom. The fourth-order valence-corrected chi connectivity index (χ4v) is 2.49. The molecule has 1 atom stereocenters. The molecule has 2 rings (SSSR count). The summed E-state index contributed by atoms with van der Waals surface area (Å²) in [5, 5.41) is 0. The van der Waals surface area contributed by atoms with Crippen molar-refractivity contribution in [1.82, 2.24) is 4.90 Å². The molecule has 1 aromatic carbocycles. The molecule has 1 heterocycles. The van der Waals surface area contributed by atoms with Crippen molar-refractivity contribution in [2.24, 2.45) is 5.73 Å². The molecule has 0 radical (unpaired) electrons. The van der Waals surface area contributed by atoms with Crippen molar-refractivity contribution in [2.45, 2.75) is 25.9 Å². The van der Waals surface area contributed by atoms with Gasteiger partial charge in [-0.15, -0.1) is 0 Å². The first-order valence-corrected chi connectivity index (χ1v) is 7.05. The second-order valence-electron chi connectivity index (χ2n) is 4.90. The van der Waals surface area contributed by atoms with E-state index in [4.69, 9.17) is 10.5 Å². The first-order chi connectivity index (χ1) is 10.6. The quantitative estimate of drug-likeness (QED) is 0.498. The molecule has 0 saturated heterocycles. The summed E-state index contributed by atoms with van der Waals surface area (Å²) in [4.78, 5) is 37.4. The summed E-state index contributed by atoms with van der Waals surface area (Å²) in [6.45, 7) is 2.11. The molecule has 116 valence electrons. The lowest BCUT2D eigenvalue weighted by atomic mass is 9.93. The topological polar surface area (TPSA) is 89.7 Å². The van der Waals surface area contributed by atoms with Crippen LogP contribution in [0.5, 0.6) is 0 Å². The van der Waals surface area contributed by atoms with Crippen molar-refractivity contribution in [3.8, 4) is 0 Å². The number of ether oxygens (including phenoxy) is 1. The number of benzene rings is 1. The second-order valence-corrected chi connectivity index (χ2v) is 4.90. The van der Waals surface area contributed by atoms with E-state index < -0.39 is 23.7 Å². The zero-order valence-corrected chi connectivity index (χ0v) is 12.3. The number of ketones is 1. The van der Waals surface area contributed by atoms with Gasteiger partial charge in [0.2, 0.25) is 5.78 Å². The van der Waals surface area contributed by atoms with E-state index in [-0.39, 0.29) is 13.2 Å². The third kappa shape index (κ3) is 3.16. The van der Waals surface area contributed by atoms with Gasteiger partial charge in [-0.05, 0) is 24.3 Å². The standard InChI is InChI=1S/C16H18N2O4/c1-2-22-16(21)13-9-11-5-3-4-6-12(11)10-18(13)15(20)14(19)7-8-17/h3-8,13H,2,9-10,17H2,1H3/b8-7-. The normalized spacial score (nSPS) is 17.1. The Hall–Kier alpha value is -2.63. The third-order valence-electron chi connectivity index (χ3n) is 3.53. The van der Waals surface area contributed by atoms with Crippen LogP contribution < -0.4 is 5.73 Å². The fourth-order valence-electron chi connectivity index (χ4n) is 2.49. The number of carbonyl (C=O) groups is 3. The van der Waals surface area contributed by atoms with Crippen LogP contribution in [0.3, 0.4) is 0 Å². The number of hydrogen-bond donors (Lipinski definition) is 1. The number of fused-ring (bicyclic) bond motifs is 1. The highest BCUT2D eigenvalue weighted by atomic mass is 16.5. The summed E-state index contributed by atoms with van der Waals surface area (Å²) in [6.07, 6.45) is 2.34. The van der Waals surface area contributed by atoms with E-state index in [0.717, 1.165) is 23.4 Å². The smallest absolute Gasteiger partial charge is 0.329 e. The van der Waals surface area contributed by atoms with Crippen molar-refractivity contribution in [2.75, 3.05) is 6.61 Å². The van der Waals surface area contributed by atoms with Crippen LogP contribution in [0, 0.1) is 0 Å². The van der Waals surface area contributed by atoms with E-state index in [1.165, 1.54) is 4.90 Å². The van der Waals surface area contributed by atoms with Crippen LogP contribution in [0.1, 0.15) is 18.1 Å². The van der Waals surface area contributed by atoms with Gasteiger partial charge in [-0.3, -0.25) is 9.59 Å². The van der Waals surface area contributed by atoms with Gasteiger partial charge in [0.1, 0.15) is 6.04 Å². The van der Waals surface area contributed by atoms with Gasteiger partial charge in [-0.2, -0.15) is 0 Å². The van der Waals surface area contributed by atoms with E-state index in [9.17, 15) is 14.4 Å². The Morgan fingerprint density at radius 2 is 2.00 bits per heavy atom. The molecule has 2 N–H and O–H groups in total. The molecule has 1 aliphatic heterocycles. The number of esters is 1. The largest absolute Gasteiger partial charge is 0.464 e. The van der Waals surface area contributed by atoms with Crippen LogP contribution in [0.2, 0.25) is 0 Å².